The Bertz CT molecular complexity index is 209. The third kappa shape index (κ3) is 9.83. The maximum Gasteiger partial charge on any atom is 0.265 e. The van der Waals surface area contributed by atoms with Gasteiger partial charge in [0, 0.05) is 0 Å². The van der Waals surface area contributed by atoms with Crippen LogP contribution in [-0.4, -0.2) is 18.7 Å². The summed E-state index contributed by atoms with van der Waals surface area (Å²) in [5, 5.41) is 0. The van der Waals surface area contributed by atoms with Gasteiger partial charge >= 0.3 is 0 Å². The van der Waals surface area contributed by atoms with Gasteiger partial charge in [-0.2, -0.15) is 8.42 Å². The van der Waals surface area contributed by atoms with Crippen LogP contribution in [0.25, 0.3) is 0 Å². The third-order valence-electron chi connectivity index (χ3n) is 2.05. The van der Waals surface area contributed by atoms with E-state index in [4.69, 9.17) is 4.55 Å². The van der Waals surface area contributed by atoms with Crippen LogP contribution in [0.5, 0.6) is 0 Å². The molecule has 0 bridgehead atoms. The molecule has 3 nitrogen and oxygen atoms in total. The van der Waals surface area contributed by atoms with E-state index < -0.39 is 10.1 Å². The standard InChI is InChI=1S/C9H20O3S/c1-3-4-5-6-7-9(2)8-13(10,11)12/h9H,3-8H2,1-2H3,(H,10,11,12). The molecule has 0 aliphatic heterocycles. The predicted molar refractivity (Wildman–Crippen MR) is 54.3 cm³/mol. The average molecular weight is 208 g/mol. The minimum Gasteiger partial charge on any atom is -0.286 e. The molecule has 0 fully saturated rings. The van der Waals surface area contributed by atoms with Gasteiger partial charge in [-0.15, -0.1) is 0 Å². The fourth-order valence-electron chi connectivity index (χ4n) is 1.36. The summed E-state index contributed by atoms with van der Waals surface area (Å²) in [5.41, 5.74) is 0. The van der Waals surface area contributed by atoms with Gasteiger partial charge in [0.15, 0.2) is 0 Å². The summed E-state index contributed by atoms with van der Waals surface area (Å²) in [6, 6.07) is 0. The van der Waals surface area contributed by atoms with E-state index in [0.717, 1.165) is 19.3 Å². The minimum atomic E-state index is -3.77. The molecule has 13 heavy (non-hydrogen) atoms. The molecule has 80 valence electrons. The van der Waals surface area contributed by atoms with Crippen molar-refractivity contribution >= 4 is 10.1 Å². The van der Waals surface area contributed by atoms with E-state index in [9.17, 15) is 8.42 Å². The first kappa shape index (κ1) is 12.9. The van der Waals surface area contributed by atoms with Crippen LogP contribution >= 0.6 is 0 Å². The Morgan fingerprint density at radius 2 is 1.85 bits per heavy atom. The molecule has 0 spiro atoms. The molecular weight excluding hydrogens is 188 g/mol. The first-order valence-electron chi connectivity index (χ1n) is 4.91. The smallest absolute Gasteiger partial charge is 0.265 e. The van der Waals surface area contributed by atoms with Gasteiger partial charge in [0.1, 0.15) is 0 Å². The topological polar surface area (TPSA) is 54.4 Å². The van der Waals surface area contributed by atoms with Gasteiger partial charge in [-0.05, 0) is 12.3 Å². The van der Waals surface area contributed by atoms with Crippen molar-refractivity contribution < 1.29 is 13.0 Å². The fourth-order valence-corrected chi connectivity index (χ4v) is 2.25. The zero-order valence-corrected chi connectivity index (χ0v) is 9.31. The Kier molecular flexibility index (Phi) is 6.33. The van der Waals surface area contributed by atoms with E-state index in [1.807, 2.05) is 6.92 Å². The molecule has 0 rings (SSSR count). The van der Waals surface area contributed by atoms with E-state index >= 15 is 0 Å². The SMILES string of the molecule is CCCCCCC(C)CS(=O)(=O)O. The highest BCUT2D eigenvalue weighted by atomic mass is 32.2. The van der Waals surface area contributed by atoms with Crippen molar-refractivity contribution in [2.24, 2.45) is 5.92 Å². The van der Waals surface area contributed by atoms with Crippen molar-refractivity contribution in [1.82, 2.24) is 0 Å². The summed E-state index contributed by atoms with van der Waals surface area (Å²) in [6.45, 7) is 4.00. The summed E-state index contributed by atoms with van der Waals surface area (Å²) >= 11 is 0. The highest BCUT2D eigenvalue weighted by Gasteiger charge is 2.11. The second-order valence-electron chi connectivity index (χ2n) is 3.70. The molecule has 0 aromatic heterocycles. The van der Waals surface area contributed by atoms with Crippen LogP contribution in [0.15, 0.2) is 0 Å². The van der Waals surface area contributed by atoms with E-state index in [1.165, 1.54) is 12.8 Å². The first-order chi connectivity index (χ1) is 5.95. The Morgan fingerprint density at radius 3 is 2.31 bits per heavy atom. The van der Waals surface area contributed by atoms with Crippen LogP contribution in [0.3, 0.4) is 0 Å². The molecule has 0 saturated heterocycles. The van der Waals surface area contributed by atoms with Crippen LogP contribution in [-0.2, 0) is 10.1 Å². The summed E-state index contributed by atoms with van der Waals surface area (Å²) < 4.78 is 29.5. The maximum absolute atomic E-state index is 10.5. The van der Waals surface area contributed by atoms with Gasteiger partial charge in [-0.25, -0.2) is 0 Å². The Morgan fingerprint density at radius 1 is 1.23 bits per heavy atom. The van der Waals surface area contributed by atoms with Crippen LogP contribution in [0.1, 0.15) is 46.0 Å². The zero-order valence-electron chi connectivity index (χ0n) is 8.49. The maximum atomic E-state index is 10.5. The molecule has 1 unspecified atom stereocenters. The van der Waals surface area contributed by atoms with E-state index in [2.05, 4.69) is 6.92 Å². The largest absolute Gasteiger partial charge is 0.286 e. The van der Waals surface area contributed by atoms with E-state index in [-0.39, 0.29) is 11.7 Å². The van der Waals surface area contributed by atoms with Gasteiger partial charge in [-0.3, -0.25) is 4.55 Å². The fraction of sp³-hybridized carbons (Fsp3) is 1.00. The predicted octanol–water partition coefficient (Wildman–Crippen LogP) is 2.48. The molecule has 0 aromatic rings. The molecule has 0 heterocycles. The lowest BCUT2D eigenvalue weighted by Gasteiger charge is -2.08. The third-order valence-corrected chi connectivity index (χ3v) is 3.04. The number of hydrogen-bond donors (Lipinski definition) is 1. The normalized spacial score (nSPS) is 14.4. The Hall–Kier alpha value is -0.0900. The van der Waals surface area contributed by atoms with Crippen LogP contribution in [0.2, 0.25) is 0 Å². The van der Waals surface area contributed by atoms with Gasteiger partial charge in [0.05, 0.1) is 5.75 Å². The first-order valence-corrected chi connectivity index (χ1v) is 6.51. The Balaban J connectivity index is 3.47. The lowest BCUT2D eigenvalue weighted by molar-refractivity contribution is 0.456. The van der Waals surface area contributed by atoms with Crippen LogP contribution in [0, 0.1) is 5.92 Å². The highest BCUT2D eigenvalue weighted by molar-refractivity contribution is 7.85. The van der Waals surface area contributed by atoms with Gasteiger partial charge < -0.3 is 0 Å². The lowest BCUT2D eigenvalue weighted by atomic mass is 10.0. The Labute approximate surface area is 81.3 Å². The summed E-state index contributed by atoms with van der Waals surface area (Å²) in [7, 11) is -3.77. The molecule has 0 aliphatic carbocycles. The lowest BCUT2D eigenvalue weighted by Crippen LogP contribution is -2.12. The highest BCUT2D eigenvalue weighted by Crippen LogP contribution is 2.11. The number of rotatable bonds is 7. The van der Waals surface area contributed by atoms with Gasteiger partial charge in [0.2, 0.25) is 0 Å². The van der Waals surface area contributed by atoms with Crippen molar-refractivity contribution in [3.05, 3.63) is 0 Å². The van der Waals surface area contributed by atoms with Gasteiger partial charge in [0.25, 0.3) is 10.1 Å². The van der Waals surface area contributed by atoms with Crippen molar-refractivity contribution in [3.63, 3.8) is 0 Å². The summed E-state index contributed by atoms with van der Waals surface area (Å²) in [6.07, 6.45) is 5.50. The van der Waals surface area contributed by atoms with E-state index in [0.29, 0.717) is 0 Å². The van der Waals surface area contributed by atoms with Gasteiger partial charge in [-0.1, -0.05) is 39.5 Å². The minimum absolute atomic E-state index is 0.0758. The molecule has 0 radical (unpaired) electrons. The molecule has 0 amide bonds. The zero-order chi connectivity index (χ0) is 10.3. The quantitative estimate of drug-likeness (QED) is 0.516. The van der Waals surface area contributed by atoms with Crippen molar-refractivity contribution in [2.45, 2.75) is 46.0 Å². The summed E-state index contributed by atoms with van der Waals surface area (Å²) in [4.78, 5) is 0. The second-order valence-corrected chi connectivity index (χ2v) is 5.20. The molecule has 0 saturated carbocycles. The number of hydrogen-bond acceptors (Lipinski definition) is 2. The molecule has 4 heteroatoms. The molecule has 1 atom stereocenters. The van der Waals surface area contributed by atoms with Crippen molar-refractivity contribution in [2.75, 3.05) is 5.75 Å². The van der Waals surface area contributed by atoms with Crippen LogP contribution in [0.4, 0.5) is 0 Å². The monoisotopic (exact) mass is 208 g/mol. The summed E-state index contributed by atoms with van der Waals surface area (Å²) in [5.74, 6) is -0.0223. The molecule has 1 N–H and O–H groups in total. The van der Waals surface area contributed by atoms with Crippen molar-refractivity contribution in [3.8, 4) is 0 Å². The number of unbranched alkanes of at least 4 members (excludes halogenated alkanes) is 3. The molecule has 0 aliphatic rings. The average Bonchev–Trinajstić information content (AvgIpc) is 1.94. The molecule has 0 aromatic carbocycles. The second kappa shape index (κ2) is 6.38. The van der Waals surface area contributed by atoms with Crippen molar-refractivity contribution in [1.29, 1.82) is 0 Å². The van der Waals surface area contributed by atoms with Crippen LogP contribution < -0.4 is 0 Å². The van der Waals surface area contributed by atoms with E-state index in [1.54, 1.807) is 0 Å². The molecular formula is C9H20O3S.